The van der Waals surface area contributed by atoms with Crippen LogP contribution in [0.15, 0.2) is 42.5 Å². The van der Waals surface area contributed by atoms with Crippen molar-refractivity contribution < 1.29 is 4.74 Å². The number of ether oxygens (including phenoxy) is 1. The van der Waals surface area contributed by atoms with Gasteiger partial charge < -0.3 is 10.5 Å². The first-order chi connectivity index (χ1) is 8.33. The first kappa shape index (κ1) is 8.88. The van der Waals surface area contributed by atoms with Gasteiger partial charge in [-0.2, -0.15) is 0 Å². The third kappa shape index (κ3) is 1.10. The topological polar surface area (TPSA) is 35.2 Å². The Labute approximate surface area is 98.6 Å². The van der Waals surface area contributed by atoms with Crippen molar-refractivity contribution in [3.8, 4) is 5.75 Å². The lowest BCUT2D eigenvalue weighted by Crippen LogP contribution is -2.09. The van der Waals surface area contributed by atoms with Crippen molar-refractivity contribution in [3.63, 3.8) is 0 Å². The molecule has 0 bridgehead atoms. The van der Waals surface area contributed by atoms with Crippen molar-refractivity contribution in [2.75, 3.05) is 5.73 Å². The summed E-state index contributed by atoms with van der Waals surface area (Å²) in [4.78, 5) is 0. The summed E-state index contributed by atoms with van der Waals surface area (Å²) in [5.41, 5.74) is 7.96. The van der Waals surface area contributed by atoms with Gasteiger partial charge in [-0.15, -0.1) is 0 Å². The Morgan fingerprint density at radius 3 is 2.53 bits per heavy atom. The number of nitrogen functional groups attached to an aromatic ring is 1. The van der Waals surface area contributed by atoms with Crippen molar-refractivity contribution in [1.29, 1.82) is 0 Å². The van der Waals surface area contributed by atoms with Crippen LogP contribution in [0.2, 0.25) is 0 Å². The van der Waals surface area contributed by atoms with E-state index in [1.54, 1.807) is 0 Å². The molecule has 2 N–H and O–H groups in total. The second-order valence-corrected chi connectivity index (χ2v) is 4.48. The lowest BCUT2D eigenvalue weighted by molar-refractivity contribution is 0.248. The van der Waals surface area contributed by atoms with Gasteiger partial charge in [-0.3, -0.25) is 0 Å². The molecule has 17 heavy (non-hydrogen) atoms. The third-order valence-electron chi connectivity index (χ3n) is 3.45. The standard InChI is InChI=1S/C15H11NO/c16-11-4-1-9-2-6-13-12(14(9)7-11)5-3-10-8-17-15(10)13/h1-7H,8,16H2. The van der Waals surface area contributed by atoms with Crippen molar-refractivity contribution in [3.05, 3.63) is 48.0 Å². The van der Waals surface area contributed by atoms with E-state index in [-0.39, 0.29) is 0 Å². The number of nitrogens with two attached hydrogens (primary N) is 1. The molecule has 0 saturated carbocycles. The lowest BCUT2D eigenvalue weighted by Gasteiger charge is -2.22. The highest BCUT2D eigenvalue weighted by Crippen LogP contribution is 2.39. The van der Waals surface area contributed by atoms with Crippen LogP contribution >= 0.6 is 0 Å². The van der Waals surface area contributed by atoms with Crippen LogP contribution in [0.25, 0.3) is 21.5 Å². The molecule has 1 heterocycles. The summed E-state index contributed by atoms with van der Waals surface area (Å²) in [6.45, 7) is 0.736. The summed E-state index contributed by atoms with van der Waals surface area (Å²) in [6.07, 6.45) is 0. The number of rotatable bonds is 0. The smallest absolute Gasteiger partial charge is 0.134 e. The van der Waals surface area contributed by atoms with Crippen molar-refractivity contribution in [1.82, 2.24) is 0 Å². The fraction of sp³-hybridized carbons (Fsp3) is 0.0667. The van der Waals surface area contributed by atoms with Crippen LogP contribution in [0.1, 0.15) is 5.56 Å². The van der Waals surface area contributed by atoms with Gasteiger partial charge in [0.05, 0.1) is 0 Å². The fourth-order valence-electron chi connectivity index (χ4n) is 2.52. The van der Waals surface area contributed by atoms with Crippen molar-refractivity contribution >= 4 is 27.2 Å². The molecule has 2 nitrogen and oxygen atoms in total. The van der Waals surface area contributed by atoms with Crippen LogP contribution in [0.5, 0.6) is 5.75 Å². The molecule has 3 aromatic carbocycles. The number of hydrogen-bond acceptors (Lipinski definition) is 2. The summed E-state index contributed by atoms with van der Waals surface area (Å²) < 4.78 is 5.54. The highest BCUT2D eigenvalue weighted by atomic mass is 16.5. The molecule has 1 aliphatic heterocycles. The monoisotopic (exact) mass is 221 g/mol. The highest BCUT2D eigenvalue weighted by molar-refractivity contribution is 6.10. The van der Waals surface area contributed by atoms with E-state index in [4.69, 9.17) is 10.5 Å². The molecule has 0 saturated heterocycles. The Balaban J connectivity index is 2.23. The zero-order chi connectivity index (χ0) is 11.4. The van der Waals surface area contributed by atoms with Crippen LogP contribution in [0, 0.1) is 0 Å². The van der Waals surface area contributed by atoms with Gasteiger partial charge in [0.25, 0.3) is 0 Å². The molecule has 0 amide bonds. The average Bonchev–Trinajstić information content (AvgIpc) is 2.29. The lowest BCUT2D eigenvalue weighted by atomic mass is 9.97. The molecule has 2 heteroatoms. The molecule has 0 spiro atoms. The molecule has 0 unspecified atom stereocenters. The first-order valence-corrected chi connectivity index (χ1v) is 5.69. The number of anilines is 1. The Bertz CT molecular complexity index is 762. The third-order valence-corrected chi connectivity index (χ3v) is 3.45. The van der Waals surface area contributed by atoms with E-state index in [9.17, 15) is 0 Å². The second kappa shape index (κ2) is 2.92. The molecule has 0 aliphatic carbocycles. The van der Waals surface area contributed by atoms with E-state index in [1.165, 1.54) is 27.1 Å². The van der Waals surface area contributed by atoms with E-state index in [2.05, 4.69) is 30.3 Å². The van der Waals surface area contributed by atoms with Gasteiger partial charge in [0, 0.05) is 16.6 Å². The first-order valence-electron chi connectivity index (χ1n) is 5.69. The van der Waals surface area contributed by atoms with Crippen LogP contribution in [0.3, 0.4) is 0 Å². The Kier molecular flexibility index (Phi) is 1.52. The van der Waals surface area contributed by atoms with Crippen LogP contribution < -0.4 is 10.5 Å². The Hall–Kier alpha value is -2.22. The summed E-state index contributed by atoms with van der Waals surface area (Å²) in [7, 11) is 0. The van der Waals surface area contributed by atoms with Gasteiger partial charge in [0.15, 0.2) is 0 Å². The summed E-state index contributed by atoms with van der Waals surface area (Å²) in [5.74, 6) is 1.03. The molecule has 0 radical (unpaired) electrons. The molecule has 0 fully saturated rings. The summed E-state index contributed by atoms with van der Waals surface area (Å²) >= 11 is 0. The highest BCUT2D eigenvalue weighted by Gasteiger charge is 2.18. The Morgan fingerprint density at radius 1 is 0.882 bits per heavy atom. The summed E-state index contributed by atoms with van der Waals surface area (Å²) in [6, 6.07) is 14.6. The minimum atomic E-state index is 0.736. The van der Waals surface area contributed by atoms with Crippen molar-refractivity contribution in [2.45, 2.75) is 6.61 Å². The van der Waals surface area contributed by atoms with Gasteiger partial charge >= 0.3 is 0 Å². The molecule has 0 atom stereocenters. The fourth-order valence-corrected chi connectivity index (χ4v) is 2.52. The zero-order valence-electron chi connectivity index (χ0n) is 9.23. The number of fused-ring (bicyclic) bond motifs is 5. The molecular weight excluding hydrogens is 210 g/mol. The minimum absolute atomic E-state index is 0.736. The molecule has 82 valence electrons. The van der Waals surface area contributed by atoms with Crippen LogP contribution in [-0.4, -0.2) is 0 Å². The van der Waals surface area contributed by atoms with Gasteiger partial charge in [-0.1, -0.05) is 30.3 Å². The minimum Gasteiger partial charge on any atom is -0.488 e. The molecule has 3 aromatic rings. The van der Waals surface area contributed by atoms with Gasteiger partial charge in [-0.25, -0.2) is 0 Å². The maximum absolute atomic E-state index is 5.87. The molecule has 4 rings (SSSR count). The SMILES string of the molecule is Nc1ccc2ccc3c4c(ccc3c2c1)CO4. The summed E-state index contributed by atoms with van der Waals surface area (Å²) in [5, 5.41) is 4.81. The average molecular weight is 221 g/mol. The van der Waals surface area contributed by atoms with Crippen LogP contribution in [0.4, 0.5) is 5.69 Å². The van der Waals surface area contributed by atoms with E-state index < -0.39 is 0 Å². The van der Waals surface area contributed by atoms with E-state index in [0.29, 0.717) is 0 Å². The Morgan fingerprint density at radius 2 is 1.71 bits per heavy atom. The van der Waals surface area contributed by atoms with Crippen molar-refractivity contribution in [2.24, 2.45) is 0 Å². The van der Waals surface area contributed by atoms with Gasteiger partial charge in [0.1, 0.15) is 12.4 Å². The van der Waals surface area contributed by atoms with E-state index in [1.807, 2.05) is 12.1 Å². The predicted molar refractivity (Wildman–Crippen MR) is 70.2 cm³/mol. The normalized spacial score (nSPS) is 13.2. The largest absolute Gasteiger partial charge is 0.488 e. The molecule has 1 aliphatic rings. The molecule has 0 aromatic heterocycles. The number of hydrogen-bond donors (Lipinski definition) is 1. The van der Waals surface area contributed by atoms with Gasteiger partial charge in [-0.05, 0) is 28.3 Å². The van der Waals surface area contributed by atoms with Crippen LogP contribution in [-0.2, 0) is 6.61 Å². The van der Waals surface area contributed by atoms with E-state index >= 15 is 0 Å². The maximum atomic E-state index is 5.87. The zero-order valence-corrected chi connectivity index (χ0v) is 9.23. The predicted octanol–water partition coefficient (Wildman–Crippen LogP) is 3.47. The van der Waals surface area contributed by atoms with Gasteiger partial charge in [0.2, 0.25) is 0 Å². The second-order valence-electron chi connectivity index (χ2n) is 4.48. The van der Waals surface area contributed by atoms with E-state index in [0.717, 1.165) is 18.0 Å². The number of benzene rings is 3. The quantitative estimate of drug-likeness (QED) is 0.466. The maximum Gasteiger partial charge on any atom is 0.134 e. The molecular formula is C15H11NO.